The molecule has 2 atom stereocenters. The summed E-state index contributed by atoms with van der Waals surface area (Å²) in [7, 11) is 0. The van der Waals surface area contributed by atoms with E-state index in [0.29, 0.717) is 30.0 Å². The van der Waals surface area contributed by atoms with E-state index in [4.69, 9.17) is 4.74 Å². The number of aliphatic carboxylic acids is 1. The molecule has 0 bridgehead atoms. The summed E-state index contributed by atoms with van der Waals surface area (Å²) >= 11 is 1.62. The van der Waals surface area contributed by atoms with Gasteiger partial charge in [-0.25, -0.2) is 4.79 Å². The third-order valence-corrected chi connectivity index (χ3v) is 7.87. The summed E-state index contributed by atoms with van der Waals surface area (Å²) in [6, 6.07) is 20.6. The highest BCUT2D eigenvalue weighted by Gasteiger charge is 2.41. The fourth-order valence-electron chi connectivity index (χ4n) is 4.96. The highest BCUT2D eigenvalue weighted by molar-refractivity contribution is 7.98. The van der Waals surface area contributed by atoms with E-state index in [2.05, 4.69) is 0 Å². The molecule has 0 spiro atoms. The predicted molar refractivity (Wildman–Crippen MR) is 149 cm³/mol. The molecule has 4 rings (SSSR count). The fourth-order valence-corrected chi connectivity index (χ4v) is 5.37. The summed E-state index contributed by atoms with van der Waals surface area (Å²) in [5.41, 5.74) is 2.35. The predicted octanol–water partition coefficient (Wildman–Crippen LogP) is 6.01. The van der Waals surface area contributed by atoms with Gasteiger partial charge in [0.05, 0.1) is 0 Å². The zero-order valence-corrected chi connectivity index (χ0v) is 23.2. The van der Waals surface area contributed by atoms with Crippen molar-refractivity contribution >= 4 is 29.4 Å². The lowest BCUT2D eigenvalue weighted by Crippen LogP contribution is -2.38. The number of rotatable bonds is 8. The van der Waals surface area contributed by atoms with Gasteiger partial charge in [-0.1, -0.05) is 42.5 Å². The fraction of sp³-hybridized carbons (Fsp3) is 0.323. The minimum absolute atomic E-state index is 0.00802. The van der Waals surface area contributed by atoms with Crippen LogP contribution in [-0.2, 0) is 4.79 Å². The van der Waals surface area contributed by atoms with Gasteiger partial charge in [-0.3, -0.25) is 9.59 Å². The first-order chi connectivity index (χ1) is 18.0. The number of carboxylic acids is 1. The molecule has 7 heteroatoms. The molecule has 1 amide bonds. The Morgan fingerprint density at radius 1 is 0.921 bits per heavy atom. The van der Waals surface area contributed by atoms with Crippen molar-refractivity contribution < 1.29 is 24.2 Å². The maximum absolute atomic E-state index is 13.8. The first-order valence-electron chi connectivity index (χ1n) is 12.6. The summed E-state index contributed by atoms with van der Waals surface area (Å²) in [4.78, 5) is 41.6. The average Bonchev–Trinajstić information content (AvgIpc) is 3.36. The van der Waals surface area contributed by atoms with Crippen LogP contribution in [0.2, 0.25) is 0 Å². The van der Waals surface area contributed by atoms with Crippen LogP contribution in [0.4, 0.5) is 0 Å². The van der Waals surface area contributed by atoms with Crippen LogP contribution in [0.25, 0.3) is 0 Å². The quantitative estimate of drug-likeness (QED) is 0.283. The van der Waals surface area contributed by atoms with Gasteiger partial charge in [-0.05, 0) is 74.9 Å². The number of benzene rings is 3. The molecule has 1 fully saturated rings. The summed E-state index contributed by atoms with van der Waals surface area (Å²) in [5, 5.41) is 9.52. The standard InChI is InChI=1S/C31H33NO5S/c1-19-15-23(16-20(2)28(19)37-31(3,4)30(35)36)25-17-32(29(34)22-9-7-6-8-10-22)18-26(25)27(33)21-11-13-24(38-5)14-12-21/h6-16,25-26H,17-18H2,1-5H3,(H,35,36)/t25-,26?/m1/s1. The minimum atomic E-state index is -1.38. The van der Waals surface area contributed by atoms with E-state index in [1.54, 1.807) is 28.8 Å². The average molecular weight is 532 g/mol. The molecule has 0 saturated carbocycles. The van der Waals surface area contributed by atoms with Crippen molar-refractivity contribution in [3.8, 4) is 5.75 Å². The van der Waals surface area contributed by atoms with E-state index in [9.17, 15) is 19.5 Å². The summed E-state index contributed by atoms with van der Waals surface area (Å²) < 4.78 is 5.89. The molecule has 1 aliphatic rings. The third-order valence-electron chi connectivity index (χ3n) is 7.12. The molecule has 1 aliphatic heterocycles. The maximum atomic E-state index is 13.8. The zero-order chi connectivity index (χ0) is 27.6. The first-order valence-corrected chi connectivity index (χ1v) is 13.8. The maximum Gasteiger partial charge on any atom is 0.347 e. The minimum Gasteiger partial charge on any atom is -0.478 e. The van der Waals surface area contributed by atoms with E-state index in [-0.39, 0.29) is 17.6 Å². The molecule has 198 valence electrons. The Labute approximate surface area is 228 Å². The number of ketones is 1. The molecule has 1 N–H and O–H groups in total. The van der Waals surface area contributed by atoms with E-state index >= 15 is 0 Å². The molecule has 3 aromatic rings. The van der Waals surface area contributed by atoms with Crippen molar-refractivity contribution in [3.05, 3.63) is 94.5 Å². The van der Waals surface area contributed by atoms with Gasteiger partial charge in [0.25, 0.3) is 5.91 Å². The number of likely N-dealkylation sites (tertiary alicyclic amines) is 1. The highest BCUT2D eigenvalue weighted by atomic mass is 32.2. The van der Waals surface area contributed by atoms with Crippen molar-refractivity contribution in [3.63, 3.8) is 0 Å². The number of nitrogens with zero attached hydrogens (tertiary/aromatic N) is 1. The van der Waals surface area contributed by atoms with Crippen LogP contribution in [0.3, 0.4) is 0 Å². The lowest BCUT2D eigenvalue weighted by Gasteiger charge is -2.26. The number of ether oxygens (including phenoxy) is 1. The lowest BCUT2D eigenvalue weighted by atomic mass is 9.82. The molecule has 1 heterocycles. The smallest absolute Gasteiger partial charge is 0.347 e. The molecule has 38 heavy (non-hydrogen) atoms. The molecule has 0 aliphatic carbocycles. The van der Waals surface area contributed by atoms with E-state index in [1.807, 2.05) is 74.7 Å². The molecule has 0 aromatic heterocycles. The number of amides is 1. The largest absolute Gasteiger partial charge is 0.478 e. The van der Waals surface area contributed by atoms with Gasteiger partial charge in [0.2, 0.25) is 0 Å². The van der Waals surface area contributed by atoms with E-state index in [1.165, 1.54) is 13.8 Å². The Balaban J connectivity index is 1.70. The number of Topliss-reactive ketones (excluding diaryl/α,β-unsaturated/α-hetero) is 1. The monoisotopic (exact) mass is 531 g/mol. The Bertz CT molecular complexity index is 1330. The Hall–Kier alpha value is -3.58. The first kappa shape index (κ1) is 27.5. The molecular formula is C31H33NO5S. The molecule has 6 nitrogen and oxygen atoms in total. The van der Waals surface area contributed by atoms with Gasteiger partial charge in [-0.15, -0.1) is 11.8 Å². The summed E-state index contributed by atoms with van der Waals surface area (Å²) in [5.74, 6) is -1.25. The SMILES string of the molecule is CSc1ccc(C(=O)C2CN(C(=O)c3ccccc3)C[C@@H]2c2cc(C)c(OC(C)(C)C(=O)O)c(C)c2)cc1. The number of hydrogen-bond donors (Lipinski definition) is 1. The molecule has 1 unspecified atom stereocenters. The van der Waals surface area contributed by atoms with Crippen LogP contribution in [0.5, 0.6) is 5.75 Å². The number of carbonyl (C=O) groups excluding carboxylic acids is 2. The highest BCUT2D eigenvalue weighted by Crippen LogP contribution is 2.39. The molecule has 3 aromatic carbocycles. The van der Waals surface area contributed by atoms with E-state index in [0.717, 1.165) is 21.6 Å². The Morgan fingerprint density at radius 3 is 2.08 bits per heavy atom. The number of hydrogen-bond acceptors (Lipinski definition) is 5. The summed E-state index contributed by atoms with van der Waals surface area (Å²) in [6.45, 7) is 7.52. The lowest BCUT2D eigenvalue weighted by molar-refractivity contribution is -0.152. The Morgan fingerprint density at radius 2 is 1.53 bits per heavy atom. The second-order valence-corrected chi connectivity index (χ2v) is 11.2. The number of carbonyl (C=O) groups is 3. The van der Waals surface area contributed by atoms with Crippen LogP contribution >= 0.6 is 11.8 Å². The third kappa shape index (κ3) is 5.63. The topological polar surface area (TPSA) is 83.9 Å². The number of aryl methyl sites for hydroxylation is 2. The van der Waals surface area contributed by atoms with Crippen LogP contribution < -0.4 is 4.74 Å². The van der Waals surface area contributed by atoms with Crippen LogP contribution in [0.1, 0.15) is 57.2 Å². The van der Waals surface area contributed by atoms with Gasteiger partial charge < -0.3 is 14.7 Å². The second kappa shape index (κ2) is 11.0. The van der Waals surface area contributed by atoms with Gasteiger partial charge in [0.15, 0.2) is 11.4 Å². The Kier molecular flexibility index (Phi) is 7.97. The number of carboxylic acid groups (broad SMARTS) is 1. The van der Waals surface area contributed by atoms with Gasteiger partial charge in [0, 0.05) is 40.9 Å². The molecule has 0 radical (unpaired) electrons. The molecule has 1 saturated heterocycles. The van der Waals surface area contributed by atoms with Gasteiger partial charge in [-0.2, -0.15) is 0 Å². The van der Waals surface area contributed by atoms with Crippen molar-refractivity contribution in [1.82, 2.24) is 4.90 Å². The van der Waals surface area contributed by atoms with Gasteiger partial charge >= 0.3 is 5.97 Å². The normalized spacial score (nSPS) is 17.3. The second-order valence-electron chi connectivity index (χ2n) is 10.3. The molecular weight excluding hydrogens is 498 g/mol. The van der Waals surface area contributed by atoms with Crippen molar-refractivity contribution in [2.24, 2.45) is 5.92 Å². The zero-order valence-electron chi connectivity index (χ0n) is 22.4. The van der Waals surface area contributed by atoms with Crippen LogP contribution in [-0.4, -0.2) is 52.6 Å². The van der Waals surface area contributed by atoms with Crippen LogP contribution in [0.15, 0.2) is 71.6 Å². The van der Waals surface area contributed by atoms with Crippen molar-refractivity contribution in [1.29, 1.82) is 0 Å². The van der Waals surface area contributed by atoms with Crippen molar-refractivity contribution in [2.75, 3.05) is 19.3 Å². The van der Waals surface area contributed by atoms with Crippen LogP contribution in [0, 0.1) is 19.8 Å². The van der Waals surface area contributed by atoms with Gasteiger partial charge in [0.1, 0.15) is 5.75 Å². The van der Waals surface area contributed by atoms with E-state index < -0.39 is 17.5 Å². The summed E-state index contributed by atoms with van der Waals surface area (Å²) in [6.07, 6.45) is 1.99. The van der Waals surface area contributed by atoms with Crippen molar-refractivity contribution in [2.45, 2.75) is 44.1 Å². The number of thioether (sulfide) groups is 1.